The molecule has 2 nitrogen and oxygen atoms in total. The predicted octanol–water partition coefficient (Wildman–Crippen LogP) is 5.23. The molecule has 1 fully saturated rings. The Labute approximate surface area is 137 Å². The van der Waals surface area contributed by atoms with E-state index in [2.05, 4.69) is 59.4 Å². The van der Waals surface area contributed by atoms with Crippen LogP contribution >= 0.6 is 15.9 Å². The van der Waals surface area contributed by atoms with Gasteiger partial charge in [0.1, 0.15) is 0 Å². The third-order valence-corrected chi connectivity index (χ3v) is 4.64. The Bertz CT molecular complexity index is 396. The second kappa shape index (κ2) is 8.92. The fourth-order valence-corrected chi connectivity index (χ4v) is 3.14. The summed E-state index contributed by atoms with van der Waals surface area (Å²) in [6, 6.07) is 9.05. The van der Waals surface area contributed by atoms with Crippen molar-refractivity contribution < 1.29 is 4.74 Å². The van der Waals surface area contributed by atoms with E-state index in [1.54, 1.807) is 0 Å². The van der Waals surface area contributed by atoms with Crippen LogP contribution in [-0.4, -0.2) is 18.7 Å². The first kappa shape index (κ1) is 17.0. The number of benzene rings is 1. The van der Waals surface area contributed by atoms with Crippen LogP contribution in [0.2, 0.25) is 0 Å². The fourth-order valence-electron chi connectivity index (χ4n) is 2.88. The lowest BCUT2D eigenvalue weighted by molar-refractivity contribution is -0.0209. The Morgan fingerprint density at radius 1 is 1.10 bits per heavy atom. The summed E-state index contributed by atoms with van der Waals surface area (Å²) >= 11 is 3.51. The highest BCUT2D eigenvalue weighted by molar-refractivity contribution is 9.10. The lowest BCUT2D eigenvalue weighted by Crippen LogP contribution is -2.31. The van der Waals surface area contributed by atoms with Crippen molar-refractivity contribution in [3.05, 3.63) is 34.3 Å². The molecular weight excluding hydrogens is 326 g/mol. The fraction of sp³-hybridized carbons (Fsp3) is 0.667. The molecule has 0 aromatic heterocycles. The zero-order valence-electron chi connectivity index (χ0n) is 13.3. The summed E-state index contributed by atoms with van der Waals surface area (Å²) in [5.74, 6) is 0. The van der Waals surface area contributed by atoms with Gasteiger partial charge in [-0.15, -0.1) is 0 Å². The number of nitrogens with one attached hydrogen (secondary N) is 1. The van der Waals surface area contributed by atoms with Crippen molar-refractivity contribution in [2.24, 2.45) is 0 Å². The SMILES string of the molecule is CC(C)NCC(OC1CCCCCC1)c1ccc(Br)cc1. The minimum atomic E-state index is 0.156. The maximum absolute atomic E-state index is 6.47. The van der Waals surface area contributed by atoms with Crippen LogP contribution in [0.15, 0.2) is 28.7 Å². The molecule has 0 saturated heterocycles. The minimum Gasteiger partial charge on any atom is -0.369 e. The Hall–Kier alpha value is -0.380. The van der Waals surface area contributed by atoms with Gasteiger partial charge in [0.25, 0.3) is 0 Å². The maximum Gasteiger partial charge on any atom is 0.0953 e. The van der Waals surface area contributed by atoms with Crippen molar-refractivity contribution in [3.63, 3.8) is 0 Å². The van der Waals surface area contributed by atoms with Gasteiger partial charge in [0.15, 0.2) is 0 Å². The van der Waals surface area contributed by atoms with Gasteiger partial charge >= 0.3 is 0 Å². The molecule has 1 unspecified atom stereocenters. The van der Waals surface area contributed by atoms with Crippen LogP contribution in [0.1, 0.15) is 64.0 Å². The zero-order chi connectivity index (χ0) is 15.1. The molecule has 0 aliphatic heterocycles. The van der Waals surface area contributed by atoms with Crippen molar-refractivity contribution in [1.82, 2.24) is 5.32 Å². The van der Waals surface area contributed by atoms with Gasteiger partial charge in [-0.3, -0.25) is 0 Å². The van der Waals surface area contributed by atoms with Crippen LogP contribution in [0.3, 0.4) is 0 Å². The molecule has 1 aliphatic rings. The van der Waals surface area contributed by atoms with Gasteiger partial charge in [0.2, 0.25) is 0 Å². The molecule has 1 atom stereocenters. The lowest BCUT2D eigenvalue weighted by Gasteiger charge is -2.26. The Morgan fingerprint density at radius 3 is 2.29 bits per heavy atom. The molecule has 1 N–H and O–H groups in total. The van der Waals surface area contributed by atoms with Crippen LogP contribution in [0.25, 0.3) is 0 Å². The Kier molecular flexibility index (Phi) is 7.21. The highest BCUT2D eigenvalue weighted by atomic mass is 79.9. The second-order valence-corrected chi connectivity index (χ2v) is 7.27. The van der Waals surface area contributed by atoms with E-state index >= 15 is 0 Å². The summed E-state index contributed by atoms with van der Waals surface area (Å²) in [6.45, 7) is 5.25. The average molecular weight is 354 g/mol. The summed E-state index contributed by atoms with van der Waals surface area (Å²) in [4.78, 5) is 0. The number of ether oxygens (including phenoxy) is 1. The van der Waals surface area contributed by atoms with E-state index < -0.39 is 0 Å². The van der Waals surface area contributed by atoms with Crippen LogP contribution in [0, 0.1) is 0 Å². The zero-order valence-corrected chi connectivity index (χ0v) is 14.9. The highest BCUT2D eigenvalue weighted by Gasteiger charge is 2.20. The molecule has 21 heavy (non-hydrogen) atoms. The first-order valence-electron chi connectivity index (χ1n) is 8.29. The van der Waals surface area contributed by atoms with E-state index in [9.17, 15) is 0 Å². The van der Waals surface area contributed by atoms with Crippen molar-refractivity contribution in [3.8, 4) is 0 Å². The molecular formula is C18H28BrNO. The van der Waals surface area contributed by atoms with Crippen LogP contribution in [0.5, 0.6) is 0 Å². The lowest BCUT2D eigenvalue weighted by atomic mass is 10.1. The molecule has 118 valence electrons. The Balaban J connectivity index is 2.01. The summed E-state index contributed by atoms with van der Waals surface area (Å²) in [5, 5.41) is 3.53. The third kappa shape index (κ3) is 6.09. The van der Waals surface area contributed by atoms with E-state index in [4.69, 9.17) is 4.74 Å². The molecule has 0 spiro atoms. The van der Waals surface area contributed by atoms with E-state index in [1.807, 2.05) is 0 Å². The van der Waals surface area contributed by atoms with Gasteiger partial charge < -0.3 is 10.1 Å². The van der Waals surface area contributed by atoms with Crippen LogP contribution in [0.4, 0.5) is 0 Å². The number of hydrogen-bond donors (Lipinski definition) is 1. The maximum atomic E-state index is 6.47. The average Bonchev–Trinajstić information content (AvgIpc) is 2.73. The van der Waals surface area contributed by atoms with Crippen LogP contribution in [-0.2, 0) is 4.74 Å². The van der Waals surface area contributed by atoms with Crippen LogP contribution < -0.4 is 5.32 Å². The predicted molar refractivity (Wildman–Crippen MR) is 92.6 cm³/mol. The molecule has 0 radical (unpaired) electrons. The van der Waals surface area contributed by atoms with Gasteiger partial charge in [-0.1, -0.05) is 67.6 Å². The van der Waals surface area contributed by atoms with E-state index in [1.165, 1.54) is 44.1 Å². The smallest absolute Gasteiger partial charge is 0.0953 e. The third-order valence-electron chi connectivity index (χ3n) is 4.11. The second-order valence-electron chi connectivity index (χ2n) is 6.35. The molecule has 1 saturated carbocycles. The molecule has 1 aromatic carbocycles. The standard InChI is InChI=1S/C18H28BrNO/c1-14(2)20-13-18(15-9-11-16(19)12-10-15)21-17-7-5-3-4-6-8-17/h9-12,14,17-18,20H,3-8,13H2,1-2H3. The largest absolute Gasteiger partial charge is 0.369 e. The summed E-state index contributed by atoms with van der Waals surface area (Å²) < 4.78 is 7.59. The molecule has 1 aromatic rings. The Morgan fingerprint density at radius 2 is 1.71 bits per heavy atom. The van der Waals surface area contributed by atoms with E-state index in [-0.39, 0.29) is 6.10 Å². The van der Waals surface area contributed by atoms with Crippen molar-refractivity contribution in [2.75, 3.05) is 6.54 Å². The van der Waals surface area contributed by atoms with Gasteiger partial charge in [-0.25, -0.2) is 0 Å². The van der Waals surface area contributed by atoms with E-state index in [0.717, 1.165) is 11.0 Å². The number of halogens is 1. The normalized spacial score (nSPS) is 18.7. The number of rotatable bonds is 6. The molecule has 3 heteroatoms. The highest BCUT2D eigenvalue weighted by Crippen LogP contribution is 2.27. The molecule has 0 bridgehead atoms. The van der Waals surface area contributed by atoms with Crippen molar-refractivity contribution in [2.45, 2.75) is 70.6 Å². The minimum absolute atomic E-state index is 0.156. The summed E-state index contributed by atoms with van der Waals surface area (Å²) in [7, 11) is 0. The quantitative estimate of drug-likeness (QED) is 0.707. The molecule has 0 amide bonds. The monoisotopic (exact) mass is 353 g/mol. The summed E-state index contributed by atoms with van der Waals surface area (Å²) in [6.07, 6.45) is 8.38. The molecule has 1 aliphatic carbocycles. The first-order chi connectivity index (χ1) is 10.1. The van der Waals surface area contributed by atoms with Crippen molar-refractivity contribution in [1.29, 1.82) is 0 Å². The summed E-state index contributed by atoms with van der Waals surface area (Å²) in [5.41, 5.74) is 1.27. The topological polar surface area (TPSA) is 21.3 Å². The number of hydrogen-bond acceptors (Lipinski definition) is 2. The van der Waals surface area contributed by atoms with Gasteiger partial charge in [-0.05, 0) is 30.5 Å². The van der Waals surface area contributed by atoms with Crippen molar-refractivity contribution >= 4 is 15.9 Å². The molecule has 2 rings (SSSR count). The van der Waals surface area contributed by atoms with E-state index in [0.29, 0.717) is 12.1 Å². The van der Waals surface area contributed by atoms with Gasteiger partial charge in [0.05, 0.1) is 12.2 Å². The molecule has 0 heterocycles. The van der Waals surface area contributed by atoms with Gasteiger partial charge in [-0.2, -0.15) is 0 Å². The first-order valence-corrected chi connectivity index (χ1v) is 9.09. The van der Waals surface area contributed by atoms with Gasteiger partial charge in [0, 0.05) is 17.1 Å².